The number of benzene rings is 1. The van der Waals surface area contributed by atoms with Gasteiger partial charge < -0.3 is 9.84 Å². The number of methoxy groups -OCH3 is 1. The topological polar surface area (TPSA) is 53.2 Å². The van der Waals surface area contributed by atoms with E-state index in [9.17, 15) is 5.11 Å². The lowest BCUT2D eigenvalue weighted by Crippen LogP contribution is -2.17. The SMILES string of the molecule is COc1ccc([C@@](C)(O)C#N)cc1. The second-order valence-corrected chi connectivity index (χ2v) is 2.91. The predicted octanol–water partition coefficient (Wildman–Crippen LogP) is 1.43. The van der Waals surface area contributed by atoms with Crippen molar-refractivity contribution in [1.82, 2.24) is 0 Å². The summed E-state index contributed by atoms with van der Waals surface area (Å²) >= 11 is 0. The molecule has 1 aromatic carbocycles. The van der Waals surface area contributed by atoms with Gasteiger partial charge in [0.2, 0.25) is 0 Å². The minimum atomic E-state index is -1.42. The molecule has 1 N–H and O–H groups in total. The van der Waals surface area contributed by atoms with Crippen LogP contribution in [0.2, 0.25) is 0 Å². The van der Waals surface area contributed by atoms with Crippen LogP contribution in [0.1, 0.15) is 12.5 Å². The van der Waals surface area contributed by atoms with Crippen LogP contribution in [0.15, 0.2) is 24.3 Å². The first kappa shape index (κ1) is 9.56. The fraction of sp³-hybridized carbons (Fsp3) is 0.300. The highest BCUT2D eigenvalue weighted by atomic mass is 16.5. The second-order valence-electron chi connectivity index (χ2n) is 2.91. The van der Waals surface area contributed by atoms with Crippen LogP contribution in [0.4, 0.5) is 0 Å². The molecule has 13 heavy (non-hydrogen) atoms. The summed E-state index contributed by atoms with van der Waals surface area (Å²) in [4.78, 5) is 0. The number of rotatable bonds is 2. The Labute approximate surface area is 77.2 Å². The molecule has 0 aliphatic rings. The molecular weight excluding hydrogens is 166 g/mol. The molecular formula is C10H11NO2. The van der Waals surface area contributed by atoms with Crippen molar-refractivity contribution in [2.24, 2.45) is 0 Å². The number of nitriles is 1. The Kier molecular flexibility index (Phi) is 2.54. The van der Waals surface area contributed by atoms with Gasteiger partial charge in [-0.25, -0.2) is 0 Å². The van der Waals surface area contributed by atoms with Gasteiger partial charge in [0.05, 0.1) is 7.11 Å². The van der Waals surface area contributed by atoms with Gasteiger partial charge in [0.1, 0.15) is 11.8 Å². The third-order valence-electron chi connectivity index (χ3n) is 1.87. The lowest BCUT2D eigenvalue weighted by molar-refractivity contribution is 0.119. The second kappa shape index (κ2) is 3.46. The minimum absolute atomic E-state index is 0.566. The van der Waals surface area contributed by atoms with E-state index in [4.69, 9.17) is 10.00 Å². The number of hydrogen-bond acceptors (Lipinski definition) is 3. The molecule has 0 heterocycles. The summed E-state index contributed by atoms with van der Waals surface area (Å²) in [6.45, 7) is 1.45. The van der Waals surface area contributed by atoms with Gasteiger partial charge in [-0.1, -0.05) is 12.1 Å². The van der Waals surface area contributed by atoms with E-state index in [1.165, 1.54) is 6.92 Å². The fourth-order valence-electron chi connectivity index (χ4n) is 0.980. The standard InChI is InChI=1S/C10H11NO2/c1-10(12,7-11)8-3-5-9(13-2)6-4-8/h3-6,12H,1-2H3/t10-/m0/s1. The smallest absolute Gasteiger partial charge is 0.173 e. The quantitative estimate of drug-likeness (QED) is 0.695. The van der Waals surface area contributed by atoms with E-state index in [2.05, 4.69) is 0 Å². The van der Waals surface area contributed by atoms with Crippen LogP contribution < -0.4 is 4.74 Å². The molecule has 0 fully saturated rings. The Morgan fingerprint density at radius 3 is 2.31 bits per heavy atom. The van der Waals surface area contributed by atoms with E-state index in [0.717, 1.165) is 0 Å². The fourth-order valence-corrected chi connectivity index (χ4v) is 0.980. The average Bonchev–Trinajstić information content (AvgIpc) is 2.18. The minimum Gasteiger partial charge on any atom is -0.497 e. The molecule has 0 saturated carbocycles. The summed E-state index contributed by atoms with van der Waals surface area (Å²) in [5.41, 5.74) is -0.859. The summed E-state index contributed by atoms with van der Waals surface area (Å²) in [6.07, 6.45) is 0. The van der Waals surface area contributed by atoms with Gasteiger partial charge in [-0.3, -0.25) is 0 Å². The van der Waals surface area contributed by atoms with Crippen molar-refractivity contribution in [1.29, 1.82) is 5.26 Å². The predicted molar refractivity (Wildman–Crippen MR) is 48.2 cm³/mol. The zero-order chi connectivity index (χ0) is 9.90. The molecule has 0 unspecified atom stereocenters. The maximum Gasteiger partial charge on any atom is 0.173 e. The molecule has 0 radical (unpaired) electrons. The maximum atomic E-state index is 9.56. The zero-order valence-electron chi connectivity index (χ0n) is 7.61. The van der Waals surface area contributed by atoms with Crippen molar-refractivity contribution >= 4 is 0 Å². The van der Waals surface area contributed by atoms with Crippen molar-refractivity contribution in [3.05, 3.63) is 29.8 Å². The van der Waals surface area contributed by atoms with E-state index in [1.807, 2.05) is 6.07 Å². The van der Waals surface area contributed by atoms with Gasteiger partial charge in [-0.2, -0.15) is 5.26 Å². The van der Waals surface area contributed by atoms with E-state index < -0.39 is 5.60 Å². The normalized spacial score (nSPS) is 14.3. The Morgan fingerprint density at radius 2 is 1.92 bits per heavy atom. The molecule has 0 aliphatic heterocycles. The highest BCUT2D eigenvalue weighted by Crippen LogP contribution is 2.21. The molecule has 0 spiro atoms. The number of ether oxygens (including phenoxy) is 1. The van der Waals surface area contributed by atoms with Gasteiger partial charge in [-0.05, 0) is 24.6 Å². The van der Waals surface area contributed by atoms with Crippen LogP contribution in [0, 0.1) is 11.3 Å². The van der Waals surface area contributed by atoms with E-state index >= 15 is 0 Å². The van der Waals surface area contributed by atoms with Crippen molar-refractivity contribution in [3.8, 4) is 11.8 Å². The maximum absolute atomic E-state index is 9.56. The van der Waals surface area contributed by atoms with Gasteiger partial charge in [-0.15, -0.1) is 0 Å². The molecule has 3 heteroatoms. The van der Waals surface area contributed by atoms with E-state index in [-0.39, 0.29) is 0 Å². The largest absolute Gasteiger partial charge is 0.497 e. The molecule has 0 bridgehead atoms. The lowest BCUT2D eigenvalue weighted by atomic mass is 9.98. The third kappa shape index (κ3) is 1.98. The molecule has 0 saturated heterocycles. The average molecular weight is 177 g/mol. The van der Waals surface area contributed by atoms with Crippen LogP contribution in [0.25, 0.3) is 0 Å². The first-order chi connectivity index (χ1) is 6.10. The Balaban J connectivity index is 3.00. The Morgan fingerprint density at radius 1 is 1.38 bits per heavy atom. The van der Waals surface area contributed by atoms with Crippen LogP contribution in [-0.2, 0) is 5.60 Å². The summed E-state index contributed by atoms with van der Waals surface area (Å²) < 4.78 is 4.95. The lowest BCUT2D eigenvalue weighted by Gasteiger charge is -2.14. The van der Waals surface area contributed by atoms with Gasteiger partial charge in [0.15, 0.2) is 5.60 Å². The molecule has 3 nitrogen and oxygen atoms in total. The molecule has 1 atom stereocenters. The summed E-state index contributed by atoms with van der Waals surface area (Å²) in [6, 6.07) is 8.57. The molecule has 1 rings (SSSR count). The summed E-state index contributed by atoms with van der Waals surface area (Å²) in [7, 11) is 1.57. The first-order valence-electron chi connectivity index (χ1n) is 3.88. The van der Waals surface area contributed by atoms with Gasteiger partial charge in [0, 0.05) is 0 Å². The van der Waals surface area contributed by atoms with E-state index in [1.54, 1.807) is 31.4 Å². The van der Waals surface area contributed by atoms with Crippen LogP contribution >= 0.6 is 0 Å². The first-order valence-corrected chi connectivity index (χ1v) is 3.88. The molecule has 68 valence electrons. The highest BCUT2D eigenvalue weighted by Gasteiger charge is 2.21. The summed E-state index contributed by atoms with van der Waals surface area (Å²) in [5.74, 6) is 0.706. The van der Waals surface area contributed by atoms with Crippen LogP contribution in [0.3, 0.4) is 0 Å². The number of aliphatic hydroxyl groups is 1. The van der Waals surface area contributed by atoms with Gasteiger partial charge >= 0.3 is 0 Å². The zero-order valence-corrected chi connectivity index (χ0v) is 7.61. The van der Waals surface area contributed by atoms with E-state index in [0.29, 0.717) is 11.3 Å². The Hall–Kier alpha value is -1.53. The van der Waals surface area contributed by atoms with Gasteiger partial charge in [0.25, 0.3) is 0 Å². The molecule has 0 aliphatic carbocycles. The van der Waals surface area contributed by atoms with Crippen LogP contribution in [-0.4, -0.2) is 12.2 Å². The third-order valence-corrected chi connectivity index (χ3v) is 1.87. The Bertz CT molecular complexity index is 322. The van der Waals surface area contributed by atoms with Crippen molar-refractivity contribution < 1.29 is 9.84 Å². The van der Waals surface area contributed by atoms with Crippen molar-refractivity contribution in [2.45, 2.75) is 12.5 Å². The van der Waals surface area contributed by atoms with Crippen LogP contribution in [0.5, 0.6) is 5.75 Å². The monoisotopic (exact) mass is 177 g/mol. The van der Waals surface area contributed by atoms with Crippen molar-refractivity contribution in [2.75, 3.05) is 7.11 Å². The molecule has 0 amide bonds. The number of hydrogen-bond donors (Lipinski definition) is 1. The number of nitrogens with zero attached hydrogens (tertiary/aromatic N) is 1. The highest BCUT2D eigenvalue weighted by molar-refractivity contribution is 5.33. The van der Waals surface area contributed by atoms with Crippen molar-refractivity contribution in [3.63, 3.8) is 0 Å². The molecule has 1 aromatic rings. The summed E-state index contributed by atoms with van der Waals surface area (Å²) in [5, 5.41) is 18.2. The molecule has 0 aromatic heterocycles.